The van der Waals surface area contributed by atoms with Crippen molar-refractivity contribution in [2.45, 2.75) is 25.4 Å². The van der Waals surface area contributed by atoms with Crippen LogP contribution in [0.4, 0.5) is 4.39 Å². The highest BCUT2D eigenvalue weighted by atomic mass is 32.2. The molecule has 0 saturated heterocycles. The lowest BCUT2D eigenvalue weighted by Gasteiger charge is -2.07. The topological polar surface area (TPSA) is 89.8 Å². The number of halogens is 1. The molecule has 1 N–H and O–H groups in total. The Hall–Kier alpha value is -3.07. The Labute approximate surface area is 171 Å². The summed E-state index contributed by atoms with van der Waals surface area (Å²) in [6.45, 7) is 3.74. The van der Waals surface area contributed by atoms with E-state index >= 15 is 0 Å². The van der Waals surface area contributed by atoms with Gasteiger partial charge in [0.1, 0.15) is 5.82 Å². The number of ketones is 1. The van der Waals surface area contributed by atoms with Gasteiger partial charge in [-0.2, -0.15) is 4.68 Å². The Morgan fingerprint density at radius 3 is 2.62 bits per heavy atom. The maximum absolute atomic E-state index is 14.3. The molecular weight excluding hydrogens is 393 g/mol. The van der Waals surface area contributed by atoms with Gasteiger partial charge in [-0.25, -0.2) is 4.39 Å². The van der Waals surface area contributed by atoms with Gasteiger partial charge in [0.2, 0.25) is 11.1 Å². The summed E-state index contributed by atoms with van der Waals surface area (Å²) in [5.74, 6) is -0.768. The largest absolute Gasteiger partial charge is 0.356 e. The Morgan fingerprint density at radius 1 is 1.17 bits per heavy atom. The lowest BCUT2D eigenvalue weighted by molar-refractivity contribution is -0.118. The Kier molecular flexibility index (Phi) is 6.71. The number of amides is 1. The smallest absolute Gasteiger partial charge is 0.216 e. The lowest BCUT2D eigenvalue weighted by atomic mass is 10.1. The number of carbonyl (C=O) groups excluding carboxylic acids is 2. The summed E-state index contributed by atoms with van der Waals surface area (Å²) < 4.78 is 15.8. The van der Waals surface area contributed by atoms with Crippen LogP contribution in [0.2, 0.25) is 0 Å². The molecule has 0 atom stereocenters. The number of hydrogen-bond donors (Lipinski definition) is 1. The van der Waals surface area contributed by atoms with Crippen molar-refractivity contribution >= 4 is 23.5 Å². The van der Waals surface area contributed by atoms with Crippen LogP contribution in [0.15, 0.2) is 47.6 Å². The standard InChI is InChI=1S/C20H20FN5O2S/c1-13-3-7-17(8-4-13)26-20(23-24-25-26)29-12-19(28)16-6-5-15(18(21)11-16)9-10-22-14(2)27/h3-8,11H,9-10,12H2,1-2H3,(H,22,27). The van der Waals surface area contributed by atoms with Crippen molar-refractivity contribution in [3.8, 4) is 5.69 Å². The van der Waals surface area contributed by atoms with Crippen LogP contribution in [0.3, 0.4) is 0 Å². The molecule has 2 aromatic carbocycles. The average Bonchev–Trinajstić information content (AvgIpc) is 3.16. The second-order valence-corrected chi connectivity index (χ2v) is 7.40. The average molecular weight is 413 g/mol. The van der Waals surface area contributed by atoms with E-state index in [-0.39, 0.29) is 23.0 Å². The number of aromatic nitrogens is 4. The lowest BCUT2D eigenvalue weighted by Crippen LogP contribution is -2.22. The Bertz CT molecular complexity index is 1020. The number of nitrogens with zero attached hydrogens (tertiary/aromatic N) is 4. The van der Waals surface area contributed by atoms with Gasteiger partial charge in [-0.1, -0.05) is 41.6 Å². The summed E-state index contributed by atoms with van der Waals surface area (Å²) >= 11 is 1.19. The first-order chi connectivity index (χ1) is 13.9. The van der Waals surface area contributed by atoms with Gasteiger partial charge >= 0.3 is 0 Å². The van der Waals surface area contributed by atoms with Crippen LogP contribution >= 0.6 is 11.8 Å². The molecule has 0 saturated carbocycles. The third kappa shape index (κ3) is 5.47. The minimum absolute atomic E-state index is 0.0803. The summed E-state index contributed by atoms with van der Waals surface area (Å²) in [6.07, 6.45) is 0.361. The maximum atomic E-state index is 14.3. The summed E-state index contributed by atoms with van der Waals surface area (Å²) in [5, 5.41) is 14.7. The SMILES string of the molecule is CC(=O)NCCc1ccc(C(=O)CSc2nnnn2-c2ccc(C)cc2)cc1F. The van der Waals surface area contributed by atoms with Crippen LogP contribution in [0.1, 0.15) is 28.4 Å². The Morgan fingerprint density at radius 2 is 1.93 bits per heavy atom. The molecule has 7 nitrogen and oxygen atoms in total. The van der Waals surface area contributed by atoms with Crippen LogP contribution < -0.4 is 5.32 Å². The molecule has 3 rings (SSSR count). The van der Waals surface area contributed by atoms with Crippen molar-refractivity contribution < 1.29 is 14.0 Å². The zero-order chi connectivity index (χ0) is 20.8. The van der Waals surface area contributed by atoms with E-state index in [4.69, 9.17) is 0 Å². The minimum atomic E-state index is -0.462. The van der Waals surface area contributed by atoms with Gasteiger partial charge in [0.05, 0.1) is 11.4 Å². The minimum Gasteiger partial charge on any atom is -0.356 e. The fourth-order valence-electron chi connectivity index (χ4n) is 2.63. The first-order valence-electron chi connectivity index (χ1n) is 8.98. The molecule has 1 aromatic heterocycles. The zero-order valence-corrected chi connectivity index (χ0v) is 16.9. The van der Waals surface area contributed by atoms with Crippen molar-refractivity contribution in [3.63, 3.8) is 0 Å². The number of rotatable bonds is 8. The molecule has 150 valence electrons. The second-order valence-electron chi connectivity index (χ2n) is 6.46. The van der Waals surface area contributed by atoms with E-state index in [2.05, 4.69) is 20.8 Å². The summed E-state index contributed by atoms with van der Waals surface area (Å²) in [6, 6.07) is 12.1. The van der Waals surface area contributed by atoms with Crippen molar-refractivity contribution in [1.29, 1.82) is 0 Å². The quantitative estimate of drug-likeness (QED) is 0.451. The molecule has 1 heterocycles. The maximum Gasteiger partial charge on any atom is 0.216 e. The third-order valence-corrected chi connectivity index (χ3v) is 5.11. The molecular formula is C20H20FN5O2S. The first-order valence-corrected chi connectivity index (χ1v) is 9.97. The first kappa shape index (κ1) is 20.7. The number of hydrogen-bond acceptors (Lipinski definition) is 6. The number of Topliss-reactive ketones (excluding diaryl/α,β-unsaturated/α-hetero) is 1. The van der Waals surface area contributed by atoms with E-state index in [9.17, 15) is 14.0 Å². The van der Waals surface area contributed by atoms with Gasteiger partial charge in [0, 0.05) is 19.0 Å². The van der Waals surface area contributed by atoms with Gasteiger partial charge in [-0.05, 0) is 47.5 Å². The van der Waals surface area contributed by atoms with Crippen LogP contribution in [-0.2, 0) is 11.2 Å². The highest BCUT2D eigenvalue weighted by Gasteiger charge is 2.14. The van der Waals surface area contributed by atoms with E-state index in [0.29, 0.717) is 23.7 Å². The zero-order valence-electron chi connectivity index (χ0n) is 16.1. The van der Waals surface area contributed by atoms with Crippen molar-refractivity contribution in [1.82, 2.24) is 25.5 Å². The van der Waals surface area contributed by atoms with Gasteiger partial charge in [-0.15, -0.1) is 5.10 Å². The van der Waals surface area contributed by atoms with E-state index in [0.717, 1.165) is 11.3 Å². The van der Waals surface area contributed by atoms with E-state index < -0.39 is 5.82 Å². The van der Waals surface area contributed by atoms with E-state index in [1.54, 1.807) is 16.8 Å². The van der Waals surface area contributed by atoms with Crippen molar-refractivity contribution in [2.75, 3.05) is 12.3 Å². The van der Waals surface area contributed by atoms with Crippen LogP contribution in [0, 0.1) is 12.7 Å². The highest BCUT2D eigenvalue weighted by Crippen LogP contribution is 2.20. The normalized spacial score (nSPS) is 10.7. The number of nitrogens with one attached hydrogen (secondary N) is 1. The predicted octanol–water partition coefficient (Wildman–Crippen LogP) is 2.76. The molecule has 3 aromatic rings. The molecule has 0 aliphatic rings. The Balaban J connectivity index is 1.63. The van der Waals surface area contributed by atoms with Gasteiger partial charge < -0.3 is 5.32 Å². The number of tetrazole rings is 1. The van der Waals surface area contributed by atoms with E-state index in [1.165, 1.54) is 24.8 Å². The van der Waals surface area contributed by atoms with E-state index in [1.807, 2.05) is 31.2 Å². The molecule has 0 aliphatic carbocycles. The summed E-state index contributed by atoms with van der Waals surface area (Å²) in [5.41, 5.74) is 2.65. The second kappa shape index (κ2) is 9.42. The number of benzene rings is 2. The molecule has 0 spiro atoms. The molecule has 9 heteroatoms. The van der Waals surface area contributed by atoms with Gasteiger partial charge in [0.15, 0.2) is 5.78 Å². The molecule has 0 aliphatic heterocycles. The van der Waals surface area contributed by atoms with Crippen LogP contribution in [-0.4, -0.2) is 44.2 Å². The number of thioether (sulfide) groups is 1. The molecule has 1 amide bonds. The number of aryl methyl sites for hydroxylation is 1. The third-order valence-electron chi connectivity index (χ3n) is 4.20. The van der Waals surface area contributed by atoms with Crippen LogP contribution in [0.5, 0.6) is 0 Å². The molecule has 0 bridgehead atoms. The van der Waals surface area contributed by atoms with Crippen LogP contribution in [0.25, 0.3) is 5.69 Å². The monoisotopic (exact) mass is 413 g/mol. The number of carbonyl (C=O) groups is 2. The van der Waals surface area contributed by atoms with Gasteiger partial charge in [-0.3, -0.25) is 9.59 Å². The molecule has 0 fully saturated rings. The fourth-order valence-corrected chi connectivity index (χ4v) is 3.41. The van der Waals surface area contributed by atoms with Gasteiger partial charge in [0.25, 0.3) is 0 Å². The van der Waals surface area contributed by atoms with Crippen molar-refractivity contribution in [3.05, 3.63) is 65.0 Å². The van der Waals surface area contributed by atoms with Crippen molar-refractivity contribution in [2.24, 2.45) is 0 Å². The molecule has 0 unspecified atom stereocenters. The highest BCUT2D eigenvalue weighted by molar-refractivity contribution is 7.99. The predicted molar refractivity (Wildman–Crippen MR) is 108 cm³/mol. The molecule has 29 heavy (non-hydrogen) atoms. The summed E-state index contributed by atoms with van der Waals surface area (Å²) in [4.78, 5) is 23.4. The summed E-state index contributed by atoms with van der Waals surface area (Å²) in [7, 11) is 0. The fraction of sp³-hybridized carbons (Fsp3) is 0.250. The molecule has 0 radical (unpaired) electrons.